The molecule has 0 bridgehead atoms. The summed E-state index contributed by atoms with van der Waals surface area (Å²) >= 11 is 0. The van der Waals surface area contributed by atoms with E-state index in [4.69, 9.17) is 0 Å². The highest BCUT2D eigenvalue weighted by Gasteiger charge is 2.10. The largest absolute Gasteiger partial charge is 0.334 e. The van der Waals surface area contributed by atoms with Gasteiger partial charge in [-0.05, 0) is 7.05 Å². The number of amides is 3. The Hall–Kier alpha value is -2.15. The number of likely N-dealkylation sites (N-methyl/N-ethyl adjacent to an activating group) is 1. The van der Waals surface area contributed by atoms with Gasteiger partial charge in [0, 0.05) is 31.9 Å². The number of aromatic nitrogens is 2. The molecule has 0 aliphatic heterocycles. The summed E-state index contributed by atoms with van der Waals surface area (Å²) in [5.74, 6) is -0.354. The van der Waals surface area contributed by atoms with Gasteiger partial charge in [-0.15, -0.1) is 6.58 Å². The quantitative estimate of drug-likeness (QED) is 0.702. The molecule has 1 aromatic rings. The van der Waals surface area contributed by atoms with E-state index in [1.807, 2.05) is 13.2 Å². The number of aryl methyl sites for hydroxylation is 1. The van der Waals surface area contributed by atoms with Crippen LogP contribution in [0.5, 0.6) is 0 Å². The predicted octanol–water partition coefficient (Wildman–Crippen LogP) is -0.136. The number of carbonyl (C=O) groups excluding carboxylic acids is 2. The minimum Gasteiger partial charge on any atom is -0.334 e. The minimum atomic E-state index is -0.514. The van der Waals surface area contributed by atoms with Gasteiger partial charge < -0.3 is 5.32 Å². The molecule has 1 aromatic heterocycles. The first-order valence-electron chi connectivity index (χ1n) is 5.86. The van der Waals surface area contributed by atoms with Crippen LogP contribution in [0.4, 0.5) is 4.79 Å². The Morgan fingerprint density at radius 3 is 2.89 bits per heavy atom. The lowest BCUT2D eigenvalue weighted by Gasteiger charge is -2.14. The van der Waals surface area contributed by atoms with Gasteiger partial charge >= 0.3 is 6.03 Å². The number of nitrogens with zero attached hydrogens (tertiary/aromatic N) is 3. The Labute approximate surface area is 112 Å². The van der Waals surface area contributed by atoms with Gasteiger partial charge in [-0.25, -0.2) is 4.79 Å². The van der Waals surface area contributed by atoms with E-state index < -0.39 is 6.03 Å². The van der Waals surface area contributed by atoms with Crippen LogP contribution < -0.4 is 10.6 Å². The molecule has 0 aromatic carbocycles. The van der Waals surface area contributed by atoms with Gasteiger partial charge in [0.15, 0.2) is 0 Å². The molecule has 0 radical (unpaired) electrons. The molecule has 0 fully saturated rings. The minimum absolute atomic E-state index is 0.135. The summed E-state index contributed by atoms with van der Waals surface area (Å²) in [4.78, 5) is 24.6. The number of nitrogens with one attached hydrogen (secondary N) is 2. The first-order valence-corrected chi connectivity index (χ1v) is 5.86. The standard InChI is InChI=1S/C12H19N5O2/c1-4-5-13-12(19)15-11(18)9-16(2)7-10-6-14-17(3)8-10/h4,6,8H,1,5,7,9H2,2-3H3,(H2,13,15,18,19). The normalized spacial score (nSPS) is 10.3. The molecule has 7 nitrogen and oxygen atoms in total. The van der Waals surface area contributed by atoms with Crippen LogP contribution in [-0.2, 0) is 18.4 Å². The van der Waals surface area contributed by atoms with Gasteiger partial charge in [0.1, 0.15) is 0 Å². The molecule has 0 spiro atoms. The first-order chi connectivity index (χ1) is 9.01. The van der Waals surface area contributed by atoms with Crippen LogP contribution in [0.1, 0.15) is 5.56 Å². The second-order valence-corrected chi connectivity index (χ2v) is 4.24. The van der Waals surface area contributed by atoms with E-state index in [0.717, 1.165) is 5.56 Å². The molecule has 0 saturated heterocycles. The zero-order chi connectivity index (χ0) is 14.3. The van der Waals surface area contributed by atoms with Crippen molar-refractivity contribution in [1.29, 1.82) is 0 Å². The molecule has 19 heavy (non-hydrogen) atoms. The maximum Gasteiger partial charge on any atom is 0.321 e. The molecule has 104 valence electrons. The third kappa shape index (κ3) is 5.82. The van der Waals surface area contributed by atoms with Gasteiger partial charge in [-0.2, -0.15) is 5.10 Å². The lowest BCUT2D eigenvalue weighted by Crippen LogP contribution is -2.43. The maximum absolute atomic E-state index is 11.6. The third-order valence-electron chi connectivity index (χ3n) is 2.28. The first kappa shape index (κ1) is 14.9. The number of carbonyl (C=O) groups is 2. The van der Waals surface area contributed by atoms with Crippen LogP contribution in [-0.4, -0.2) is 46.8 Å². The van der Waals surface area contributed by atoms with Crippen LogP contribution in [0.15, 0.2) is 25.0 Å². The summed E-state index contributed by atoms with van der Waals surface area (Å²) in [5, 5.41) is 8.75. The van der Waals surface area contributed by atoms with Crippen molar-refractivity contribution in [2.45, 2.75) is 6.54 Å². The SMILES string of the molecule is C=CCNC(=O)NC(=O)CN(C)Cc1cnn(C)c1. The van der Waals surface area contributed by atoms with Crippen LogP contribution in [0.25, 0.3) is 0 Å². The van der Waals surface area contributed by atoms with Crippen LogP contribution >= 0.6 is 0 Å². The average Bonchev–Trinajstić information content (AvgIpc) is 2.71. The number of rotatable bonds is 6. The molecular formula is C12H19N5O2. The third-order valence-corrected chi connectivity index (χ3v) is 2.28. The topological polar surface area (TPSA) is 79.3 Å². The van der Waals surface area contributed by atoms with E-state index >= 15 is 0 Å². The summed E-state index contributed by atoms with van der Waals surface area (Å²) < 4.78 is 1.70. The van der Waals surface area contributed by atoms with Crippen molar-refractivity contribution >= 4 is 11.9 Å². The average molecular weight is 265 g/mol. The molecule has 0 aliphatic rings. The Balaban J connectivity index is 2.31. The summed E-state index contributed by atoms with van der Waals surface area (Å²) in [7, 11) is 3.63. The van der Waals surface area contributed by atoms with Gasteiger partial charge in [-0.3, -0.25) is 19.7 Å². The maximum atomic E-state index is 11.6. The second kappa shape index (κ2) is 7.32. The van der Waals surface area contributed by atoms with Crippen molar-refractivity contribution in [3.05, 3.63) is 30.6 Å². The van der Waals surface area contributed by atoms with E-state index in [1.54, 1.807) is 28.9 Å². The monoisotopic (exact) mass is 265 g/mol. The van der Waals surface area contributed by atoms with Crippen molar-refractivity contribution in [3.8, 4) is 0 Å². The van der Waals surface area contributed by atoms with Gasteiger partial charge in [0.2, 0.25) is 5.91 Å². The highest BCUT2D eigenvalue weighted by atomic mass is 16.2. The Morgan fingerprint density at radius 1 is 1.58 bits per heavy atom. The molecule has 0 aliphatic carbocycles. The fraction of sp³-hybridized carbons (Fsp3) is 0.417. The van der Waals surface area contributed by atoms with E-state index in [2.05, 4.69) is 22.3 Å². The van der Waals surface area contributed by atoms with Crippen LogP contribution in [0.2, 0.25) is 0 Å². The van der Waals surface area contributed by atoms with Crippen LogP contribution in [0, 0.1) is 0 Å². The molecule has 3 amide bonds. The van der Waals surface area contributed by atoms with Gasteiger partial charge in [0.25, 0.3) is 0 Å². The fourth-order valence-electron chi connectivity index (χ4n) is 1.54. The van der Waals surface area contributed by atoms with Crippen molar-refractivity contribution in [2.24, 2.45) is 7.05 Å². The van der Waals surface area contributed by atoms with Gasteiger partial charge in [0.05, 0.1) is 12.7 Å². The smallest absolute Gasteiger partial charge is 0.321 e. The predicted molar refractivity (Wildman–Crippen MR) is 71.3 cm³/mol. The summed E-state index contributed by atoms with van der Waals surface area (Å²) in [6.45, 7) is 4.52. The summed E-state index contributed by atoms with van der Waals surface area (Å²) in [5.41, 5.74) is 1.01. The lowest BCUT2D eigenvalue weighted by atomic mass is 10.3. The molecule has 1 rings (SSSR count). The van der Waals surface area contributed by atoms with E-state index in [-0.39, 0.29) is 12.5 Å². The summed E-state index contributed by atoms with van der Waals surface area (Å²) in [6.07, 6.45) is 5.16. The number of hydrogen-bond donors (Lipinski definition) is 2. The highest BCUT2D eigenvalue weighted by Crippen LogP contribution is 2.00. The number of urea groups is 1. The van der Waals surface area contributed by atoms with Crippen molar-refractivity contribution in [3.63, 3.8) is 0 Å². The van der Waals surface area contributed by atoms with E-state index in [0.29, 0.717) is 13.1 Å². The Kier molecular flexibility index (Phi) is 5.74. The molecule has 7 heteroatoms. The molecular weight excluding hydrogens is 246 g/mol. The molecule has 0 atom stereocenters. The highest BCUT2D eigenvalue weighted by molar-refractivity contribution is 5.95. The zero-order valence-corrected chi connectivity index (χ0v) is 11.2. The van der Waals surface area contributed by atoms with Crippen molar-refractivity contribution < 1.29 is 9.59 Å². The van der Waals surface area contributed by atoms with E-state index in [1.165, 1.54) is 0 Å². The zero-order valence-electron chi connectivity index (χ0n) is 11.2. The number of imide groups is 1. The molecule has 1 heterocycles. The Bertz CT molecular complexity index is 455. The van der Waals surface area contributed by atoms with E-state index in [9.17, 15) is 9.59 Å². The van der Waals surface area contributed by atoms with Crippen molar-refractivity contribution in [2.75, 3.05) is 20.1 Å². The molecule has 0 unspecified atom stereocenters. The molecule has 0 saturated carbocycles. The Morgan fingerprint density at radius 2 is 2.32 bits per heavy atom. The lowest BCUT2D eigenvalue weighted by molar-refractivity contribution is -0.120. The van der Waals surface area contributed by atoms with Gasteiger partial charge in [-0.1, -0.05) is 6.08 Å². The second-order valence-electron chi connectivity index (χ2n) is 4.24. The van der Waals surface area contributed by atoms with Crippen LogP contribution in [0.3, 0.4) is 0 Å². The molecule has 2 N–H and O–H groups in total. The van der Waals surface area contributed by atoms with Crippen molar-refractivity contribution in [1.82, 2.24) is 25.3 Å². The fourth-order valence-corrected chi connectivity index (χ4v) is 1.54. The summed E-state index contributed by atoms with van der Waals surface area (Å²) in [6, 6.07) is -0.514. The number of hydrogen-bond acceptors (Lipinski definition) is 4.